The molecule has 0 aromatic heterocycles. The molecule has 1 amide bonds. The van der Waals surface area contributed by atoms with E-state index in [1.807, 2.05) is 19.9 Å². The molecule has 1 aliphatic rings. The van der Waals surface area contributed by atoms with Crippen molar-refractivity contribution in [1.29, 1.82) is 0 Å². The highest BCUT2D eigenvalue weighted by Gasteiger charge is 2.17. The molecule has 1 aromatic carbocycles. The Morgan fingerprint density at radius 1 is 1.33 bits per heavy atom. The Bertz CT molecular complexity index is 446. The van der Waals surface area contributed by atoms with Gasteiger partial charge in [-0.25, -0.2) is 0 Å². The average molecular weight is 247 g/mol. The van der Waals surface area contributed by atoms with Gasteiger partial charge in [0.2, 0.25) is 5.91 Å². The average Bonchev–Trinajstić information content (AvgIpc) is 2.62. The Hall–Kier alpha value is -1.35. The van der Waals surface area contributed by atoms with E-state index in [0.29, 0.717) is 6.42 Å². The van der Waals surface area contributed by atoms with Crippen LogP contribution in [0.2, 0.25) is 0 Å². The fourth-order valence-corrected chi connectivity index (χ4v) is 2.32. The third kappa shape index (κ3) is 3.57. The largest absolute Gasteiger partial charge is 0.390 e. The summed E-state index contributed by atoms with van der Waals surface area (Å²) in [4.78, 5) is 11.2. The predicted octanol–water partition coefficient (Wildman–Crippen LogP) is 2.66. The Kier molecular flexibility index (Phi) is 3.71. The molecule has 0 aliphatic carbocycles. The van der Waals surface area contributed by atoms with Crippen LogP contribution in [0.25, 0.3) is 0 Å². The first-order chi connectivity index (χ1) is 8.44. The van der Waals surface area contributed by atoms with Crippen LogP contribution >= 0.6 is 0 Å². The normalized spacial score (nSPS) is 14.5. The van der Waals surface area contributed by atoms with Gasteiger partial charge in [0.15, 0.2) is 0 Å². The summed E-state index contributed by atoms with van der Waals surface area (Å²) in [6.45, 7) is 3.69. The first kappa shape index (κ1) is 13.1. The molecule has 18 heavy (non-hydrogen) atoms. The van der Waals surface area contributed by atoms with E-state index in [0.717, 1.165) is 36.9 Å². The number of hydrogen-bond acceptors (Lipinski definition) is 2. The van der Waals surface area contributed by atoms with Gasteiger partial charge in [-0.2, -0.15) is 0 Å². The molecule has 0 atom stereocenters. The van der Waals surface area contributed by atoms with Crippen molar-refractivity contribution >= 4 is 11.6 Å². The lowest BCUT2D eigenvalue weighted by atomic mass is 9.98. The quantitative estimate of drug-likeness (QED) is 0.786. The SMILES string of the molecule is CC(C)(O)CCCCc1ccc2c(c1)CC(=O)N2. The van der Waals surface area contributed by atoms with Crippen molar-refractivity contribution in [2.24, 2.45) is 0 Å². The fraction of sp³-hybridized carbons (Fsp3) is 0.533. The van der Waals surface area contributed by atoms with E-state index in [1.54, 1.807) is 0 Å². The van der Waals surface area contributed by atoms with E-state index in [1.165, 1.54) is 5.56 Å². The number of anilines is 1. The molecule has 1 aromatic rings. The third-order valence-electron chi connectivity index (χ3n) is 3.30. The number of aliphatic hydroxyl groups is 1. The minimum absolute atomic E-state index is 0.0872. The van der Waals surface area contributed by atoms with E-state index in [4.69, 9.17) is 0 Å². The fourth-order valence-electron chi connectivity index (χ4n) is 2.32. The number of benzene rings is 1. The zero-order chi connectivity index (χ0) is 13.2. The second kappa shape index (κ2) is 5.11. The van der Waals surface area contributed by atoms with Gasteiger partial charge >= 0.3 is 0 Å². The van der Waals surface area contributed by atoms with E-state index < -0.39 is 5.60 Å². The van der Waals surface area contributed by atoms with Crippen LogP contribution in [-0.2, 0) is 17.6 Å². The van der Waals surface area contributed by atoms with Crippen molar-refractivity contribution in [1.82, 2.24) is 0 Å². The zero-order valence-corrected chi connectivity index (χ0v) is 11.1. The third-order valence-corrected chi connectivity index (χ3v) is 3.30. The molecule has 2 rings (SSSR count). The van der Waals surface area contributed by atoms with Crippen LogP contribution in [0.5, 0.6) is 0 Å². The highest BCUT2D eigenvalue weighted by molar-refractivity contribution is 5.99. The lowest BCUT2D eigenvalue weighted by Gasteiger charge is -2.16. The van der Waals surface area contributed by atoms with Crippen molar-refractivity contribution in [3.8, 4) is 0 Å². The number of rotatable bonds is 5. The molecule has 98 valence electrons. The molecule has 3 heteroatoms. The molecule has 0 unspecified atom stereocenters. The van der Waals surface area contributed by atoms with Gasteiger partial charge in [-0.3, -0.25) is 4.79 Å². The number of aryl methyl sites for hydroxylation is 1. The number of fused-ring (bicyclic) bond motifs is 1. The van der Waals surface area contributed by atoms with Crippen LogP contribution in [0, 0.1) is 0 Å². The molecule has 0 saturated carbocycles. The van der Waals surface area contributed by atoms with E-state index in [-0.39, 0.29) is 5.91 Å². The van der Waals surface area contributed by atoms with Crippen LogP contribution in [0.1, 0.15) is 44.2 Å². The Balaban J connectivity index is 1.84. The van der Waals surface area contributed by atoms with Gasteiger partial charge in [0, 0.05) is 5.69 Å². The van der Waals surface area contributed by atoms with Crippen molar-refractivity contribution in [2.45, 2.75) is 51.6 Å². The molecule has 3 nitrogen and oxygen atoms in total. The van der Waals surface area contributed by atoms with Crippen LogP contribution in [-0.4, -0.2) is 16.6 Å². The first-order valence-electron chi connectivity index (χ1n) is 6.58. The second-order valence-electron chi connectivity index (χ2n) is 5.74. The van der Waals surface area contributed by atoms with Gasteiger partial charge in [0.1, 0.15) is 0 Å². The zero-order valence-electron chi connectivity index (χ0n) is 11.1. The number of carbonyl (C=O) groups is 1. The Morgan fingerprint density at radius 3 is 2.83 bits per heavy atom. The number of amides is 1. The summed E-state index contributed by atoms with van der Waals surface area (Å²) in [5.41, 5.74) is 2.79. The maximum absolute atomic E-state index is 11.2. The van der Waals surface area contributed by atoms with Crippen LogP contribution in [0.4, 0.5) is 5.69 Å². The molecule has 1 heterocycles. The van der Waals surface area contributed by atoms with Crippen molar-refractivity contribution in [2.75, 3.05) is 5.32 Å². The Labute approximate surface area is 108 Å². The maximum atomic E-state index is 11.2. The van der Waals surface area contributed by atoms with E-state index in [2.05, 4.69) is 17.4 Å². The molecule has 0 radical (unpaired) electrons. The molecular weight excluding hydrogens is 226 g/mol. The maximum Gasteiger partial charge on any atom is 0.228 e. The molecule has 0 spiro atoms. The summed E-state index contributed by atoms with van der Waals surface area (Å²) >= 11 is 0. The molecule has 1 aliphatic heterocycles. The second-order valence-corrected chi connectivity index (χ2v) is 5.74. The number of nitrogens with one attached hydrogen (secondary N) is 1. The first-order valence-corrected chi connectivity index (χ1v) is 6.58. The van der Waals surface area contributed by atoms with Gasteiger partial charge in [-0.05, 0) is 50.3 Å². The number of unbranched alkanes of at least 4 members (excludes halogenated alkanes) is 1. The summed E-state index contributed by atoms with van der Waals surface area (Å²) in [6.07, 6.45) is 4.45. The van der Waals surface area contributed by atoms with Crippen LogP contribution in [0.15, 0.2) is 18.2 Å². The van der Waals surface area contributed by atoms with Crippen molar-refractivity contribution in [3.63, 3.8) is 0 Å². The minimum Gasteiger partial charge on any atom is -0.390 e. The summed E-state index contributed by atoms with van der Waals surface area (Å²) in [5, 5.41) is 12.5. The van der Waals surface area contributed by atoms with Gasteiger partial charge in [-0.1, -0.05) is 18.6 Å². The monoisotopic (exact) mass is 247 g/mol. The highest BCUT2D eigenvalue weighted by atomic mass is 16.3. The van der Waals surface area contributed by atoms with Gasteiger partial charge < -0.3 is 10.4 Å². The predicted molar refractivity (Wildman–Crippen MR) is 72.6 cm³/mol. The summed E-state index contributed by atoms with van der Waals surface area (Å²) in [6, 6.07) is 6.19. The Morgan fingerprint density at radius 2 is 2.11 bits per heavy atom. The smallest absolute Gasteiger partial charge is 0.228 e. The van der Waals surface area contributed by atoms with Crippen LogP contribution in [0.3, 0.4) is 0 Å². The number of carbonyl (C=O) groups excluding carboxylic acids is 1. The minimum atomic E-state index is -0.561. The van der Waals surface area contributed by atoms with E-state index in [9.17, 15) is 9.90 Å². The van der Waals surface area contributed by atoms with Gasteiger partial charge in [-0.15, -0.1) is 0 Å². The van der Waals surface area contributed by atoms with Crippen LogP contribution < -0.4 is 5.32 Å². The summed E-state index contributed by atoms with van der Waals surface area (Å²) < 4.78 is 0. The van der Waals surface area contributed by atoms with Gasteiger partial charge in [0.25, 0.3) is 0 Å². The molecule has 0 saturated heterocycles. The lowest BCUT2D eigenvalue weighted by molar-refractivity contribution is -0.115. The van der Waals surface area contributed by atoms with Crippen molar-refractivity contribution in [3.05, 3.63) is 29.3 Å². The highest BCUT2D eigenvalue weighted by Crippen LogP contribution is 2.24. The topological polar surface area (TPSA) is 49.3 Å². The standard InChI is InChI=1S/C15H21NO2/c1-15(2,18)8-4-3-5-11-6-7-13-12(9-11)10-14(17)16-13/h6-7,9,18H,3-5,8,10H2,1-2H3,(H,16,17). The molecule has 2 N–H and O–H groups in total. The lowest BCUT2D eigenvalue weighted by Crippen LogP contribution is -2.17. The van der Waals surface area contributed by atoms with E-state index >= 15 is 0 Å². The molecule has 0 bridgehead atoms. The summed E-state index contributed by atoms with van der Waals surface area (Å²) in [7, 11) is 0. The van der Waals surface area contributed by atoms with Gasteiger partial charge in [0.05, 0.1) is 12.0 Å². The summed E-state index contributed by atoms with van der Waals surface area (Å²) in [5.74, 6) is 0.0872. The number of hydrogen-bond donors (Lipinski definition) is 2. The molecular formula is C15H21NO2. The molecule has 0 fully saturated rings. The van der Waals surface area contributed by atoms with Crippen molar-refractivity contribution < 1.29 is 9.90 Å².